The van der Waals surface area contributed by atoms with Crippen LogP contribution >= 0.6 is 34.8 Å². The molecule has 0 aliphatic carbocycles. The first kappa shape index (κ1) is 16.3. The summed E-state index contributed by atoms with van der Waals surface area (Å²) in [6.07, 6.45) is 0. The van der Waals surface area contributed by atoms with Gasteiger partial charge >= 0.3 is 0 Å². The van der Waals surface area contributed by atoms with Gasteiger partial charge in [0.15, 0.2) is 0 Å². The van der Waals surface area contributed by atoms with Crippen molar-refractivity contribution in [1.82, 2.24) is 0 Å². The van der Waals surface area contributed by atoms with Gasteiger partial charge in [-0.05, 0) is 36.2 Å². The van der Waals surface area contributed by atoms with Crippen LogP contribution in [0.5, 0.6) is 11.5 Å². The molecule has 2 rings (SSSR count). The van der Waals surface area contributed by atoms with Crippen LogP contribution in [-0.2, 0) is 0 Å². The van der Waals surface area contributed by atoms with Gasteiger partial charge in [0.25, 0.3) is 0 Å². The summed E-state index contributed by atoms with van der Waals surface area (Å²) in [4.78, 5) is 0. The van der Waals surface area contributed by atoms with E-state index in [0.717, 1.165) is 16.7 Å². The summed E-state index contributed by atoms with van der Waals surface area (Å²) in [5.41, 5.74) is 2.63. The van der Waals surface area contributed by atoms with Crippen LogP contribution in [0, 0.1) is 6.92 Å². The zero-order chi connectivity index (χ0) is 15.6. The van der Waals surface area contributed by atoms with E-state index in [1.807, 2.05) is 31.2 Å². The van der Waals surface area contributed by atoms with Crippen LogP contribution in [0.25, 0.3) is 0 Å². The summed E-state index contributed by atoms with van der Waals surface area (Å²) in [5, 5.41) is 0.668. The first-order valence-electron chi connectivity index (χ1n) is 6.30. The Labute approximate surface area is 139 Å². The van der Waals surface area contributed by atoms with Crippen molar-refractivity contribution in [3.63, 3.8) is 0 Å². The molecule has 0 aromatic heterocycles. The standard InChI is InChI=1S/C16H15Cl3O2/c1-9-10(5-4-6-12(9)17)14(18)11-7-8-13(20-2)15(19)16(11)21-3/h4-8,14H,1-3H3. The van der Waals surface area contributed by atoms with E-state index in [9.17, 15) is 0 Å². The van der Waals surface area contributed by atoms with Gasteiger partial charge in [0.05, 0.1) is 19.6 Å². The van der Waals surface area contributed by atoms with Gasteiger partial charge in [0.2, 0.25) is 0 Å². The molecule has 0 aliphatic rings. The second-order valence-electron chi connectivity index (χ2n) is 4.52. The number of hydrogen-bond donors (Lipinski definition) is 0. The number of ether oxygens (including phenoxy) is 2. The molecule has 5 heteroatoms. The maximum Gasteiger partial charge on any atom is 0.146 e. The zero-order valence-electron chi connectivity index (χ0n) is 11.9. The molecule has 0 aliphatic heterocycles. The van der Waals surface area contributed by atoms with Crippen LogP contribution in [0.15, 0.2) is 30.3 Å². The van der Waals surface area contributed by atoms with Crippen LogP contribution in [0.1, 0.15) is 22.1 Å². The van der Waals surface area contributed by atoms with E-state index in [-0.39, 0.29) is 0 Å². The molecule has 0 heterocycles. The number of alkyl halides is 1. The zero-order valence-corrected chi connectivity index (χ0v) is 14.2. The third-order valence-electron chi connectivity index (χ3n) is 3.37. The van der Waals surface area contributed by atoms with Gasteiger partial charge in [-0.25, -0.2) is 0 Å². The fraction of sp³-hybridized carbons (Fsp3) is 0.250. The lowest BCUT2D eigenvalue weighted by Gasteiger charge is -2.19. The van der Waals surface area contributed by atoms with E-state index in [1.54, 1.807) is 20.3 Å². The van der Waals surface area contributed by atoms with Crippen molar-refractivity contribution in [1.29, 1.82) is 0 Å². The molecule has 0 spiro atoms. The topological polar surface area (TPSA) is 18.5 Å². The van der Waals surface area contributed by atoms with Crippen molar-refractivity contribution in [3.8, 4) is 11.5 Å². The molecule has 0 N–H and O–H groups in total. The van der Waals surface area contributed by atoms with Crippen LogP contribution in [0.3, 0.4) is 0 Å². The molecule has 2 nitrogen and oxygen atoms in total. The van der Waals surface area contributed by atoms with Gasteiger partial charge in [-0.1, -0.05) is 35.3 Å². The number of halogens is 3. The van der Waals surface area contributed by atoms with E-state index in [4.69, 9.17) is 44.3 Å². The summed E-state index contributed by atoms with van der Waals surface area (Å²) >= 11 is 19.1. The van der Waals surface area contributed by atoms with Gasteiger partial charge < -0.3 is 9.47 Å². The average Bonchev–Trinajstić information content (AvgIpc) is 2.49. The van der Waals surface area contributed by atoms with Crippen molar-refractivity contribution in [2.24, 2.45) is 0 Å². The maximum atomic E-state index is 6.62. The Balaban J connectivity index is 2.56. The summed E-state index contributed by atoms with van der Waals surface area (Å²) in [6.45, 7) is 1.94. The monoisotopic (exact) mass is 344 g/mol. The van der Waals surface area contributed by atoms with E-state index >= 15 is 0 Å². The lowest BCUT2D eigenvalue weighted by molar-refractivity contribution is 0.392. The van der Waals surface area contributed by atoms with Gasteiger partial charge in [-0.15, -0.1) is 11.6 Å². The maximum absolute atomic E-state index is 6.62. The fourth-order valence-electron chi connectivity index (χ4n) is 2.18. The van der Waals surface area contributed by atoms with E-state index in [0.29, 0.717) is 21.5 Å². The van der Waals surface area contributed by atoms with Crippen molar-refractivity contribution >= 4 is 34.8 Å². The van der Waals surface area contributed by atoms with Gasteiger partial charge in [0.1, 0.15) is 16.5 Å². The molecular weight excluding hydrogens is 331 g/mol. The highest BCUT2D eigenvalue weighted by atomic mass is 35.5. The van der Waals surface area contributed by atoms with Crippen molar-refractivity contribution in [3.05, 3.63) is 57.1 Å². The Hall–Kier alpha value is -1.09. The Morgan fingerprint density at radius 2 is 1.67 bits per heavy atom. The van der Waals surface area contributed by atoms with Crippen LogP contribution in [0.4, 0.5) is 0 Å². The second kappa shape index (κ2) is 6.78. The molecule has 2 aromatic rings. The minimum absolute atomic E-state index is 0.405. The summed E-state index contributed by atoms with van der Waals surface area (Å²) < 4.78 is 10.6. The minimum atomic E-state index is -0.415. The molecule has 1 atom stereocenters. The van der Waals surface area contributed by atoms with E-state index in [1.165, 1.54) is 0 Å². The van der Waals surface area contributed by atoms with Crippen LogP contribution < -0.4 is 9.47 Å². The normalized spacial score (nSPS) is 12.1. The number of rotatable bonds is 4. The highest BCUT2D eigenvalue weighted by Gasteiger charge is 2.22. The third-order valence-corrected chi connectivity index (χ3v) is 4.61. The van der Waals surface area contributed by atoms with Gasteiger partial charge in [0, 0.05) is 10.6 Å². The highest BCUT2D eigenvalue weighted by Crippen LogP contribution is 2.44. The molecule has 0 saturated carbocycles. The van der Waals surface area contributed by atoms with Crippen molar-refractivity contribution in [2.45, 2.75) is 12.3 Å². The molecule has 0 bridgehead atoms. The smallest absolute Gasteiger partial charge is 0.146 e. The lowest BCUT2D eigenvalue weighted by Crippen LogP contribution is -2.01. The lowest BCUT2D eigenvalue weighted by atomic mass is 9.99. The Morgan fingerprint density at radius 1 is 0.952 bits per heavy atom. The summed E-state index contributed by atoms with van der Waals surface area (Å²) in [6, 6.07) is 9.27. The summed E-state index contributed by atoms with van der Waals surface area (Å²) in [5.74, 6) is 1.05. The molecule has 0 radical (unpaired) electrons. The third kappa shape index (κ3) is 3.08. The van der Waals surface area contributed by atoms with Crippen molar-refractivity contribution in [2.75, 3.05) is 14.2 Å². The van der Waals surface area contributed by atoms with Gasteiger partial charge in [-0.2, -0.15) is 0 Å². The Morgan fingerprint density at radius 3 is 2.29 bits per heavy atom. The number of hydrogen-bond acceptors (Lipinski definition) is 2. The molecule has 0 amide bonds. The van der Waals surface area contributed by atoms with Gasteiger partial charge in [-0.3, -0.25) is 0 Å². The quantitative estimate of drug-likeness (QED) is 0.667. The molecular formula is C16H15Cl3O2. The SMILES string of the molecule is COc1ccc(C(Cl)c2cccc(Cl)c2C)c(OC)c1Cl. The molecule has 21 heavy (non-hydrogen) atoms. The van der Waals surface area contributed by atoms with E-state index in [2.05, 4.69) is 0 Å². The first-order chi connectivity index (χ1) is 10.0. The minimum Gasteiger partial charge on any atom is -0.495 e. The number of methoxy groups -OCH3 is 2. The molecule has 1 unspecified atom stereocenters. The molecule has 0 saturated heterocycles. The largest absolute Gasteiger partial charge is 0.495 e. The molecule has 0 fully saturated rings. The average molecular weight is 346 g/mol. The molecule has 112 valence electrons. The van der Waals surface area contributed by atoms with Crippen LogP contribution in [-0.4, -0.2) is 14.2 Å². The second-order valence-corrected chi connectivity index (χ2v) is 5.74. The Bertz CT molecular complexity index is 656. The number of benzene rings is 2. The fourth-order valence-corrected chi connectivity index (χ4v) is 3.10. The predicted octanol–water partition coefficient (Wildman–Crippen LogP) is 5.65. The first-order valence-corrected chi connectivity index (χ1v) is 7.50. The molecule has 2 aromatic carbocycles. The Kier molecular flexibility index (Phi) is 5.26. The van der Waals surface area contributed by atoms with Crippen LogP contribution in [0.2, 0.25) is 10.0 Å². The highest BCUT2D eigenvalue weighted by molar-refractivity contribution is 6.34. The summed E-state index contributed by atoms with van der Waals surface area (Å²) in [7, 11) is 3.11. The van der Waals surface area contributed by atoms with E-state index < -0.39 is 5.38 Å². The van der Waals surface area contributed by atoms with Crippen molar-refractivity contribution < 1.29 is 9.47 Å². The predicted molar refractivity (Wildman–Crippen MR) is 88.4 cm³/mol.